The lowest BCUT2D eigenvalue weighted by molar-refractivity contribution is -0.392. The first-order chi connectivity index (χ1) is 14.4. The monoisotopic (exact) mass is 544 g/mol. The third kappa shape index (κ3) is 4.86. The molecule has 1 aromatic carbocycles. The average Bonchev–Trinajstić information content (AvgIpc) is 2.65. The molecule has 0 unspecified atom stereocenters. The lowest BCUT2D eigenvalue weighted by atomic mass is 9.95. The van der Waals surface area contributed by atoms with Crippen LogP contribution in [0.15, 0.2) is 0 Å². The molecule has 0 aromatic heterocycles. The molecule has 19 heteroatoms. The zero-order chi connectivity index (χ0) is 26.6. The number of hydrogen-bond acceptors (Lipinski definition) is 0. The van der Waals surface area contributed by atoms with Crippen LogP contribution < -0.4 is 5.19 Å². The molecule has 0 fully saturated rings. The average molecular weight is 544 g/mol. The first kappa shape index (κ1) is 29.2. The first-order valence-corrected chi connectivity index (χ1v) is 9.23. The predicted octanol–water partition coefficient (Wildman–Crippen LogP) is 5.65. The highest BCUT2D eigenvalue weighted by molar-refractivity contribution is 6.56. The number of hydrogen-bond donors (Lipinski definition) is 0. The van der Waals surface area contributed by atoms with Crippen molar-refractivity contribution in [1.82, 2.24) is 0 Å². The molecule has 0 nitrogen and oxygen atoms in total. The Bertz CT molecular complexity index is 856. The Morgan fingerprint density at radius 2 is 0.818 bits per heavy atom. The van der Waals surface area contributed by atoms with Gasteiger partial charge in [0.1, 0.15) is 0 Å². The highest BCUT2D eigenvalue weighted by Crippen LogP contribution is 2.58. The van der Waals surface area contributed by atoms with Gasteiger partial charge in [-0.25, -0.2) is 30.7 Å². The van der Waals surface area contributed by atoms with Crippen LogP contribution in [-0.4, -0.2) is 44.9 Å². The van der Waals surface area contributed by atoms with Crippen LogP contribution in [0, 0.1) is 29.1 Å². The van der Waals surface area contributed by atoms with Crippen molar-refractivity contribution in [3.05, 3.63) is 29.1 Å². The van der Waals surface area contributed by atoms with Gasteiger partial charge >= 0.3 is 29.9 Å². The van der Waals surface area contributed by atoms with Gasteiger partial charge in [-0.15, -0.1) is 0 Å². The number of benzene rings is 1. The van der Waals surface area contributed by atoms with Crippen LogP contribution in [0.1, 0.15) is 12.8 Å². The second-order valence-electron chi connectivity index (χ2n) is 6.47. The highest BCUT2D eigenvalue weighted by Gasteiger charge is 2.85. The first-order valence-electron chi connectivity index (χ1n) is 7.82. The standard InChI is InChI=1S/C14H6F18Si/c15-3-4(16)6(18)8(7(19)5(3)17)33-14(31,32)13(29,30)12(27,28)11(25,26)9(20,21)1-2-10(22,23)24/h1-2,33H2. The van der Waals surface area contributed by atoms with Crippen LogP contribution in [-0.2, 0) is 0 Å². The van der Waals surface area contributed by atoms with E-state index in [2.05, 4.69) is 0 Å². The maximum absolute atomic E-state index is 13.8. The van der Waals surface area contributed by atoms with Gasteiger partial charge in [0.25, 0.3) is 5.55 Å². The van der Waals surface area contributed by atoms with E-state index in [1.807, 2.05) is 0 Å². The summed E-state index contributed by atoms with van der Waals surface area (Å²) in [4.78, 5) is 0. The summed E-state index contributed by atoms with van der Waals surface area (Å²) in [6.45, 7) is 0. The molecule has 0 aliphatic carbocycles. The molecule has 0 aliphatic heterocycles. The van der Waals surface area contributed by atoms with Gasteiger partial charge in [-0.3, -0.25) is 0 Å². The van der Waals surface area contributed by atoms with Crippen molar-refractivity contribution in [3.63, 3.8) is 0 Å². The molecule has 33 heavy (non-hydrogen) atoms. The molecule has 0 spiro atoms. The van der Waals surface area contributed by atoms with E-state index in [9.17, 15) is 79.0 Å². The second-order valence-corrected chi connectivity index (χ2v) is 8.42. The summed E-state index contributed by atoms with van der Waals surface area (Å²) in [7, 11) is -5.24. The number of rotatable bonds is 8. The number of alkyl halides is 13. The van der Waals surface area contributed by atoms with Crippen molar-refractivity contribution in [1.29, 1.82) is 0 Å². The second kappa shape index (κ2) is 8.44. The van der Waals surface area contributed by atoms with Gasteiger partial charge in [-0.2, -0.15) is 48.3 Å². The van der Waals surface area contributed by atoms with Crippen molar-refractivity contribution < 1.29 is 79.0 Å². The van der Waals surface area contributed by atoms with Gasteiger partial charge in [0.05, 0.1) is 0 Å². The van der Waals surface area contributed by atoms with Crippen LogP contribution in [0.2, 0.25) is 0 Å². The van der Waals surface area contributed by atoms with E-state index in [-0.39, 0.29) is 0 Å². The molecule has 0 N–H and O–H groups in total. The maximum Gasteiger partial charge on any atom is 0.389 e. The van der Waals surface area contributed by atoms with Crippen LogP contribution >= 0.6 is 0 Å². The predicted molar refractivity (Wildman–Crippen MR) is 74.4 cm³/mol. The molecule has 0 atom stereocenters. The third-order valence-electron chi connectivity index (χ3n) is 4.13. The van der Waals surface area contributed by atoms with E-state index < -0.39 is 92.0 Å². The third-order valence-corrected chi connectivity index (χ3v) is 5.99. The summed E-state index contributed by atoms with van der Waals surface area (Å²) in [5, 5.41) is -2.75. The molecule has 0 aliphatic rings. The van der Waals surface area contributed by atoms with Gasteiger partial charge in [0.15, 0.2) is 32.8 Å². The van der Waals surface area contributed by atoms with Crippen molar-refractivity contribution in [3.8, 4) is 0 Å². The molecule has 0 radical (unpaired) electrons. The Kier molecular flexibility index (Phi) is 7.47. The van der Waals surface area contributed by atoms with Crippen molar-refractivity contribution >= 4 is 14.7 Å². The zero-order valence-corrected chi connectivity index (χ0v) is 16.3. The maximum atomic E-state index is 13.8. The molecule has 1 rings (SSSR count). The van der Waals surface area contributed by atoms with Gasteiger partial charge in [0, 0.05) is 18.0 Å². The largest absolute Gasteiger partial charge is 0.389 e. The molecule has 1 aromatic rings. The molecular formula is C14H6F18Si. The fourth-order valence-electron chi connectivity index (χ4n) is 2.25. The van der Waals surface area contributed by atoms with Crippen molar-refractivity contribution in [2.24, 2.45) is 0 Å². The van der Waals surface area contributed by atoms with Crippen LogP contribution in [0.5, 0.6) is 0 Å². The lowest BCUT2D eigenvalue weighted by Crippen LogP contribution is -2.69. The van der Waals surface area contributed by atoms with Gasteiger partial charge in [-0.1, -0.05) is 0 Å². The molecular weight excluding hydrogens is 538 g/mol. The lowest BCUT2D eigenvalue weighted by Gasteiger charge is -2.39. The van der Waals surface area contributed by atoms with E-state index in [0.29, 0.717) is 0 Å². The quantitative estimate of drug-likeness (QED) is 0.172. The molecule has 0 amide bonds. The van der Waals surface area contributed by atoms with Crippen LogP contribution in [0.25, 0.3) is 0 Å². The highest BCUT2D eigenvalue weighted by atomic mass is 28.2. The van der Waals surface area contributed by atoms with E-state index in [1.165, 1.54) is 0 Å². The normalized spacial score (nSPS) is 15.1. The van der Waals surface area contributed by atoms with E-state index >= 15 is 0 Å². The van der Waals surface area contributed by atoms with E-state index in [1.54, 1.807) is 0 Å². The van der Waals surface area contributed by atoms with Crippen molar-refractivity contribution in [2.75, 3.05) is 0 Å². The Labute approximate surface area is 172 Å². The Morgan fingerprint density at radius 1 is 0.455 bits per heavy atom. The molecule has 0 heterocycles. The summed E-state index contributed by atoms with van der Waals surface area (Å²) in [5.74, 6) is -45.1. The Morgan fingerprint density at radius 3 is 1.18 bits per heavy atom. The van der Waals surface area contributed by atoms with Crippen LogP contribution in [0.4, 0.5) is 79.0 Å². The van der Waals surface area contributed by atoms with Gasteiger partial charge in [0.2, 0.25) is 5.82 Å². The summed E-state index contributed by atoms with van der Waals surface area (Å²) in [5.41, 5.74) is -6.77. The zero-order valence-electron chi connectivity index (χ0n) is 14.9. The van der Waals surface area contributed by atoms with E-state index in [4.69, 9.17) is 0 Å². The molecule has 0 saturated heterocycles. The van der Waals surface area contributed by atoms with E-state index in [0.717, 1.165) is 0 Å². The van der Waals surface area contributed by atoms with Gasteiger partial charge in [-0.05, 0) is 0 Å². The SMILES string of the molecule is Fc1c(F)c(F)c([SiH2]C(F)(F)C(F)(F)C(F)(F)C(F)(F)C(F)(F)CCC(F)(F)F)c(F)c1F. The Hall–Kier alpha value is -1.82. The topological polar surface area (TPSA) is 0 Å². The molecule has 192 valence electrons. The minimum absolute atomic E-state index is 2.75. The Balaban J connectivity index is 3.50. The molecule has 0 bridgehead atoms. The smallest absolute Gasteiger partial charge is 0.205 e. The summed E-state index contributed by atoms with van der Waals surface area (Å²) < 4.78 is 237. The van der Waals surface area contributed by atoms with Crippen LogP contribution in [0.3, 0.4) is 0 Å². The summed E-state index contributed by atoms with van der Waals surface area (Å²) in [6, 6.07) is 0. The van der Waals surface area contributed by atoms with Crippen molar-refractivity contribution in [2.45, 2.75) is 48.3 Å². The minimum atomic E-state index is -7.87. The number of halogens is 18. The van der Waals surface area contributed by atoms with Gasteiger partial charge < -0.3 is 0 Å². The minimum Gasteiger partial charge on any atom is -0.205 e. The molecule has 0 saturated carbocycles. The fourth-order valence-corrected chi connectivity index (χ4v) is 3.76. The fraction of sp³-hybridized carbons (Fsp3) is 0.571. The summed E-state index contributed by atoms with van der Waals surface area (Å²) >= 11 is 0. The summed E-state index contributed by atoms with van der Waals surface area (Å²) in [6.07, 6.45) is -11.9.